The van der Waals surface area contributed by atoms with Gasteiger partial charge in [0, 0.05) is 4.43 Å². The summed E-state index contributed by atoms with van der Waals surface area (Å²) in [5.41, 5.74) is 0.813. The van der Waals surface area contributed by atoms with Gasteiger partial charge in [-0.25, -0.2) is 0 Å². The lowest BCUT2D eigenvalue weighted by molar-refractivity contribution is 0.0844. The molecule has 3 nitrogen and oxygen atoms in total. The van der Waals surface area contributed by atoms with Gasteiger partial charge in [-0.3, -0.25) is 0 Å². The molecule has 15 heavy (non-hydrogen) atoms. The van der Waals surface area contributed by atoms with Crippen LogP contribution in [0.4, 0.5) is 0 Å². The zero-order chi connectivity index (χ0) is 11.5. The van der Waals surface area contributed by atoms with E-state index >= 15 is 0 Å². The van der Waals surface area contributed by atoms with E-state index in [-0.39, 0.29) is 6.61 Å². The molecule has 0 saturated heterocycles. The van der Waals surface area contributed by atoms with Crippen molar-refractivity contribution >= 4 is 22.6 Å². The van der Waals surface area contributed by atoms with E-state index in [0.29, 0.717) is 21.1 Å². The molecule has 1 aromatic carbocycles. The summed E-state index contributed by atoms with van der Waals surface area (Å²) in [6.07, 6.45) is 0. The number of halogens is 1. The van der Waals surface area contributed by atoms with E-state index in [1.165, 1.54) is 0 Å². The molecular weight excluding hydrogens is 305 g/mol. The highest BCUT2D eigenvalue weighted by Gasteiger charge is 2.24. The van der Waals surface area contributed by atoms with Gasteiger partial charge in [-0.1, -0.05) is 28.7 Å². The summed E-state index contributed by atoms with van der Waals surface area (Å²) in [5.74, 6) is 0. The Balaban J connectivity index is 3.26. The molecule has 0 spiro atoms. The molecule has 0 amide bonds. The summed E-state index contributed by atoms with van der Waals surface area (Å²) in [5, 5.41) is 28.0. The van der Waals surface area contributed by atoms with E-state index in [2.05, 4.69) is 22.6 Å². The highest BCUT2D eigenvalue weighted by Crippen LogP contribution is 2.27. The van der Waals surface area contributed by atoms with E-state index < -0.39 is 5.60 Å². The third-order valence-corrected chi connectivity index (χ3v) is 3.73. The largest absolute Gasteiger partial charge is 0.392 e. The van der Waals surface area contributed by atoms with Crippen molar-refractivity contribution in [1.29, 1.82) is 5.26 Å². The number of aliphatic hydroxyl groups is 2. The molecule has 0 aliphatic carbocycles. The summed E-state index contributed by atoms with van der Waals surface area (Å²) in [7, 11) is 0. The fraction of sp³-hybridized carbons (Fsp3) is 0.364. The second kappa shape index (κ2) is 4.92. The Morgan fingerprint density at radius 2 is 2.20 bits per heavy atom. The maximum Gasteiger partial charge on any atom is 0.0991 e. The van der Waals surface area contributed by atoms with Gasteiger partial charge in [0.2, 0.25) is 0 Å². The van der Waals surface area contributed by atoms with Crippen molar-refractivity contribution in [2.24, 2.45) is 0 Å². The second-order valence-electron chi connectivity index (χ2n) is 3.55. The molecule has 1 aromatic rings. The summed E-state index contributed by atoms with van der Waals surface area (Å²) in [6.45, 7) is 1.53. The number of benzene rings is 1. The van der Waals surface area contributed by atoms with Crippen LogP contribution in [-0.4, -0.2) is 14.6 Å². The maximum atomic E-state index is 10.1. The Hall–Kier alpha value is -0.640. The molecule has 0 heterocycles. The van der Waals surface area contributed by atoms with Gasteiger partial charge in [-0.15, -0.1) is 0 Å². The minimum Gasteiger partial charge on any atom is -0.392 e. The Kier molecular flexibility index (Phi) is 4.08. The lowest BCUT2D eigenvalue weighted by Gasteiger charge is -2.23. The minimum absolute atomic E-state index is 0.169. The van der Waals surface area contributed by atoms with E-state index in [4.69, 9.17) is 5.26 Å². The predicted octanol–water partition coefficient (Wildman–Crippen LogP) is 1.69. The quantitative estimate of drug-likeness (QED) is 0.659. The van der Waals surface area contributed by atoms with Crippen LogP contribution in [0.5, 0.6) is 0 Å². The summed E-state index contributed by atoms with van der Waals surface area (Å²) >= 11 is 2.09. The first kappa shape index (κ1) is 12.4. The average molecular weight is 317 g/mol. The molecule has 0 bridgehead atoms. The SMILES string of the molecule is CC(O)(CI)c1ccc(C#N)cc1CO. The van der Waals surface area contributed by atoms with Crippen molar-refractivity contribution in [2.75, 3.05) is 4.43 Å². The molecule has 0 radical (unpaired) electrons. The molecule has 1 unspecified atom stereocenters. The Morgan fingerprint density at radius 3 is 2.67 bits per heavy atom. The van der Waals surface area contributed by atoms with E-state index in [1.54, 1.807) is 25.1 Å². The van der Waals surface area contributed by atoms with Crippen molar-refractivity contribution in [3.8, 4) is 6.07 Å². The fourth-order valence-electron chi connectivity index (χ4n) is 1.39. The molecule has 4 heteroatoms. The van der Waals surface area contributed by atoms with Crippen LogP contribution in [0, 0.1) is 11.3 Å². The van der Waals surface area contributed by atoms with Gasteiger partial charge >= 0.3 is 0 Å². The minimum atomic E-state index is -0.966. The number of nitriles is 1. The van der Waals surface area contributed by atoms with Gasteiger partial charge in [0.25, 0.3) is 0 Å². The summed E-state index contributed by atoms with van der Waals surface area (Å²) < 4.78 is 0.531. The van der Waals surface area contributed by atoms with Gasteiger partial charge in [0.15, 0.2) is 0 Å². The lowest BCUT2D eigenvalue weighted by atomic mass is 9.92. The molecule has 1 atom stereocenters. The van der Waals surface area contributed by atoms with E-state index in [0.717, 1.165) is 0 Å². The molecule has 0 saturated carbocycles. The van der Waals surface area contributed by atoms with Crippen LogP contribution >= 0.6 is 22.6 Å². The fourth-order valence-corrected chi connectivity index (χ4v) is 1.80. The number of nitrogens with zero attached hydrogens (tertiary/aromatic N) is 1. The monoisotopic (exact) mass is 317 g/mol. The van der Waals surface area contributed by atoms with Gasteiger partial charge in [0.1, 0.15) is 0 Å². The third kappa shape index (κ3) is 2.68. The smallest absolute Gasteiger partial charge is 0.0991 e. The van der Waals surface area contributed by atoms with Crippen LogP contribution in [0.3, 0.4) is 0 Å². The average Bonchev–Trinajstić information content (AvgIpc) is 2.28. The first-order valence-corrected chi connectivity index (χ1v) is 6.00. The number of alkyl halides is 1. The standard InChI is InChI=1S/C11H12INO2/c1-11(15,7-12)10-3-2-8(5-13)4-9(10)6-14/h2-4,14-15H,6-7H2,1H3. The lowest BCUT2D eigenvalue weighted by Crippen LogP contribution is -2.24. The molecule has 0 aliphatic heterocycles. The zero-order valence-electron chi connectivity index (χ0n) is 8.37. The van der Waals surface area contributed by atoms with Crippen molar-refractivity contribution < 1.29 is 10.2 Å². The highest BCUT2D eigenvalue weighted by molar-refractivity contribution is 14.1. The number of hydrogen-bond donors (Lipinski definition) is 2. The molecule has 1 rings (SSSR count). The maximum absolute atomic E-state index is 10.1. The number of aliphatic hydroxyl groups excluding tert-OH is 1. The summed E-state index contributed by atoms with van der Waals surface area (Å²) in [4.78, 5) is 0. The normalized spacial score (nSPS) is 14.3. The van der Waals surface area contributed by atoms with Gasteiger partial charge in [0.05, 0.1) is 23.8 Å². The molecule has 0 fully saturated rings. The van der Waals surface area contributed by atoms with Gasteiger partial charge in [-0.05, 0) is 30.2 Å². The second-order valence-corrected chi connectivity index (χ2v) is 4.31. The van der Waals surface area contributed by atoms with E-state index in [1.807, 2.05) is 6.07 Å². The Bertz CT molecular complexity index is 396. The van der Waals surface area contributed by atoms with Crippen LogP contribution in [-0.2, 0) is 12.2 Å². The van der Waals surface area contributed by atoms with Crippen LogP contribution in [0.25, 0.3) is 0 Å². The van der Waals surface area contributed by atoms with Crippen molar-refractivity contribution in [2.45, 2.75) is 19.1 Å². The Labute approximate surface area is 102 Å². The molecule has 0 aromatic heterocycles. The van der Waals surface area contributed by atoms with Crippen LogP contribution in [0.1, 0.15) is 23.6 Å². The summed E-state index contributed by atoms with van der Waals surface area (Å²) in [6, 6.07) is 6.96. The first-order valence-electron chi connectivity index (χ1n) is 4.48. The van der Waals surface area contributed by atoms with E-state index in [9.17, 15) is 10.2 Å². The van der Waals surface area contributed by atoms with Gasteiger partial charge < -0.3 is 10.2 Å². The van der Waals surface area contributed by atoms with Crippen LogP contribution in [0.2, 0.25) is 0 Å². The van der Waals surface area contributed by atoms with Crippen molar-refractivity contribution in [3.63, 3.8) is 0 Å². The molecule has 80 valence electrons. The van der Waals surface area contributed by atoms with Crippen LogP contribution in [0.15, 0.2) is 18.2 Å². The number of hydrogen-bond acceptors (Lipinski definition) is 3. The molecule has 2 N–H and O–H groups in total. The highest BCUT2D eigenvalue weighted by atomic mass is 127. The number of rotatable bonds is 3. The van der Waals surface area contributed by atoms with Crippen LogP contribution < -0.4 is 0 Å². The van der Waals surface area contributed by atoms with Crippen molar-refractivity contribution in [3.05, 3.63) is 34.9 Å². The predicted molar refractivity (Wildman–Crippen MR) is 65.5 cm³/mol. The Morgan fingerprint density at radius 1 is 1.53 bits per heavy atom. The first-order chi connectivity index (χ1) is 7.05. The van der Waals surface area contributed by atoms with Gasteiger partial charge in [-0.2, -0.15) is 5.26 Å². The molecular formula is C11H12INO2. The molecule has 0 aliphatic rings. The van der Waals surface area contributed by atoms with Crippen molar-refractivity contribution in [1.82, 2.24) is 0 Å². The third-order valence-electron chi connectivity index (χ3n) is 2.25. The zero-order valence-corrected chi connectivity index (χ0v) is 10.5. The topological polar surface area (TPSA) is 64.2 Å².